The van der Waals surface area contributed by atoms with Crippen LogP contribution in [0.2, 0.25) is 0 Å². The molecule has 0 aliphatic carbocycles. The second kappa shape index (κ2) is 13.4. The lowest BCUT2D eigenvalue weighted by Gasteiger charge is -2.56. The summed E-state index contributed by atoms with van der Waals surface area (Å²) >= 11 is 0. The van der Waals surface area contributed by atoms with E-state index in [4.69, 9.17) is 0 Å². The van der Waals surface area contributed by atoms with Gasteiger partial charge in [0.05, 0.1) is 18.1 Å². The zero-order valence-corrected chi connectivity index (χ0v) is 28.2. The fourth-order valence-electron chi connectivity index (χ4n) is 8.27. The highest BCUT2D eigenvalue weighted by Gasteiger charge is 2.44. The van der Waals surface area contributed by atoms with Crippen LogP contribution in [0, 0.1) is 20.8 Å². The lowest BCUT2D eigenvalue weighted by atomic mass is 9.88. The molecule has 0 bridgehead atoms. The molecule has 3 saturated heterocycles. The molecular weight excluding hydrogens is 562 g/mol. The number of anilines is 4. The number of likely N-dealkylation sites (N-methyl/N-ethyl adjacent to an activating group) is 1. The van der Waals surface area contributed by atoms with Gasteiger partial charge in [-0.15, -0.1) is 0 Å². The Morgan fingerprint density at radius 2 is 0.957 bits per heavy atom. The molecule has 4 aromatic carbocycles. The van der Waals surface area contributed by atoms with Crippen LogP contribution < -0.4 is 19.6 Å². The van der Waals surface area contributed by atoms with Crippen LogP contribution in [0.4, 0.5) is 22.7 Å². The van der Waals surface area contributed by atoms with Gasteiger partial charge in [0, 0.05) is 68.1 Å². The summed E-state index contributed by atoms with van der Waals surface area (Å²) in [4.78, 5) is 13.6. The van der Waals surface area contributed by atoms with Crippen molar-refractivity contribution in [2.45, 2.75) is 64.2 Å². The SMILES string of the molecule is Cc1ccc(N2CCN(c3ccccc3)C(C3CN(c4ccc(C)cc4)C(C4CCCCN4c4ccc(C)cc4)CN3C)C2)cc1. The summed E-state index contributed by atoms with van der Waals surface area (Å²) < 4.78 is 0. The summed E-state index contributed by atoms with van der Waals surface area (Å²) in [7, 11) is 2.40. The highest BCUT2D eigenvalue weighted by molar-refractivity contribution is 5.56. The molecule has 3 heterocycles. The van der Waals surface area contributed by atoms with Crippen LogP contribution >= 0.6 is 0 Å². The summed E-state index contributed by atoms with van der Waals surface area (Å²) in [5, 5.41) is 0. The van der Waals surface area contributed by atoms with E-state index in [1.165, 1.54) is 58.7 Å². The van der Waals surface area contributed by atoms with E-state index in [1.54, 1.807) is 0 Å². The number of hydrogen-bond acceptors (Lipinski definition) is 5. The molecule has 3 aliphatic heterocycles. The zero-order chi connectivity index (χ0) is 31.6. The Morgan fingerprint density at radius 3 is 1.59 bits per heavy atom. The first-order valence-electron chi connectivity index (χ1n) is 17.4. The van der Waals surface area contributed by atoms with Gasteiger partial charge in [-0.3, -0.25) is 4.90 Å². The normalized spacial score (nSPS) is 24.3. The number of rotatable bonds is 6. The Kier molecular flexibility index (Phi) is 8.95. The molecule has 0 amide bonds. The van der Waals surface area contributed by atoms with Gasteiger partial charge in [-0.1, -0.05) is 71.3 Å². The Labute approximate surface area is 277 Å². The smallest absolute Gasteiger partial charge is 0.0638 e. The van der Waals surface area contributed by atoms with E-state index in [0.29, 0.717) is 24.2 Å². The molecule has 4 unspecified atom stereocenters. The lowest BCUT2D eigenvalue weighted by Crippen LogP contribution is -2.71. The number of piperidine rings is 1. The molecule has 4 aromatic rings. The third kappa shape index (κ3) is 6.35. The van der Waals surface area contributed by atoms with E-state index in [1.807, 2.05) is 0 Å². The Morgan fingerprint density at radius 1 is 0.435 bits per heavy atom. The molecule has 5 heteroatoms. The van der Waals surface area contributed by atoms with Crippen molar-refractivity contribution in [2.75, 3.05) is 65.9 Å². The number of aryl methyl sites for hydroxylation is 3. The molecule has 0 spiro atoms. The molecule has 4 atom stereocenters. The van der Waals surface area contributed by atoms with Gasteiger partial charge in [0.1, 0.15) is 0 Å². The van der Waals surface area contributed by atoms with Crippen LogP contribution in [0.5, 0.6) is 0 Å². The van der Waals surface area contributed by atoms with Gasteiger partial charge in [-0.05, 0) is 95.6 Å². The van der Waals surface area contributed by atoms with Crippen LogP contribution in [0.3, 0.4) is 0 Å². The predicted molar refractivity (Wildman–Crippen MR) is 196 cm³/mol. The van der Waals surface area contributed by atoms with Crippen molar-refractivity contribution in [1.82, 2.24) is 4.90 Å². The van der Waals surface area contributed by atoms with Gasteiger partial charge >= 0.3 is 0 Å². The van der Waals surface area contributed by atoms with Gasteiger partial charge in [-0.2, -0.15) is 0 Å². The zero-order valence-electron chi connectivity index (χ0n) is 28.2. The number of nitrogens with zero attached hydrogens (tertiary/aromatic N) is 5. The largest absolute Gasteiger partial charge is 0.368 e. The molecule has 7 rings (SSSR count). The van der Waals surface area contributed by atoms with Crippen molar-refractivity contribution >= 4 is 22.7 Å². The van der Waals surface area contributed by atoms with Crippen LogP contribution in [0.25, 0.3) is 0 Å². The standard InChI is InChI=1S/C41H51N5/c1-31-13-19-34(20-14-31)43-26-27-45(35-10-6-5-7-11-35)41(29-43)39-30-46(37-23-17-33(3)18-24-37)40(28-42(39)4)38-12-8-9-25-44(38)36-21-15-32(2)16-22-36/h5-7,10-11,13-24,38-41H,8-9,12,25-30H2,1-4H3. The fourth-order valence-corrected chi connectivity index (χ4v) is 8.27. The highest BCUT2D eigenvalue weighted by atomic mass is 15.4. The van der Waals surface area contributed by atoms with Crippen LogP contribution in [0.1, 0.15) is 36.0 Å². The van der Waals surface area contributed by atoms with Crippen LogP contribution in [-0.2, 0) is 0 Å². The first-order chi connectivity index (χ1) is 22.4. The topological polar surface area (TPSA) is 16.2 Å². The van der Waals surface area contributed by atoms with Gasteiger partial charge in [-0.25, -0.2) is 0 Å². The molecule has 3 fully saturated rings. The monoisotopic (exact) mass is 613 g/mol. The average molecular weight is 614 g/mol. The van der Waals surface area contributed by atoms with Gasteiger partial charge in [0.15, 0.2) is 0 Å². The van der Waals surface area contributed by atoms with Crippen molar-refractivity contribution in [1.29, 1.82) is 0 Å². The first kappa shape index (κ1) is 30.7. The van der Waals surface area contributed by atoms with E-state index in [2.05, 4.69) is 155 Å². The summed E-state index contributed by atoms with van der Waals surface area (Å²) in [6.07, 6.45) is 3.80. The van der Waals surface area contributed by atoms with Crippen LogP contribution in [0.15, 0.2) is 103 Å². The molecule has 3 aliphatic rings. The summed E-state index contributed by atoms with van der Waals surface area (Å²) in [6.45, 7) is 12.8. The quantitative estimate of drug-likeness (QED) is 0.223. The molecule has 0 aromatic heterocycles. The van der Waals surface area contributed by atoms with Crippen molar-refractivity contribution in [3.05, 3.63) is 120 Å². The third-order valence-corrected chi connectivity index (χ3v) is 10.9. The second-order valence-corrected chi connectivity index (χ2v) is 14.0. The van der Waals surface area contributed by atoms with E-state index in [0.717, 1.165) is 39.3 Å². The number of hydrogen-bond donors (Lipinski definition) is 0. The number of piperazine rings is 2. The molecule has 5 nitrogen and oxygen atoms in total. The summed E-state index contributed by atoms with van der Waals surface area (Å²) in [5.41, 5.74) is 9.38. The molecule has 0 saturated carbocycles. The minimum atomic E-state index is 0.357. The third-order valence-electron chi connectivity index (χ3n) is 10.9. The number of benzene rings is 4. The second-order valence-electron chi connectivity index (χ2n) is 14.0. The molecule has 0 N–H and O–H groups in total. The Hall–Kier alpha value is -3.96. The molecular formula is C41H51N5. The molecule has 0 radical (unpaired) electrons. The molecule has 240 valence electrons. The fraction of sp³-hybridized carbons (Fsp3) is 0.415. The minimum absolute atomic E-state index is 0.357. The Bertz CT molecular complexity index is 1550. The maximum Gasteiger partial charge on any atom is 0.0638 e. The summed E-state index contributed by atoms with van der Waals surface area (Å²) in [5.74, 6) is 0. The lowest BCUT2D eigenvalue weighted by molar-refractivity contribution is 0.142. The summed E-state index contributed by atoms with van der Waals surface area (Å²) in [6, 6.07) is 40.5. The van der Waals surface area contributed by atoms with Crippen molar-refractivity contribution in [2.24, 2.45) is 0 Å². The van der Waals surface area contributed by atoms with E-state index in [-0.39, 0.29) is 0 Å². The van der Waals surface area contributed by atoms with Crippen molar-refractivity contribution < 1.29 is 0 Å². The molecule has 46 heavy (non-hydrogen) atoms. The van der Waals surface area contributed by atoms with Gasteiger partial charge in [0.2, 0.25) is 0 Å². The van der Waals surface area contributed by atoms with Crippen molar-refractivity contribution in [3.8, 4) is 0 Å². The van der Waals surface area contributed by atoms with Gasteiger partial charge < -0.3 is 19.6 Å². The van der Waals surface area contributed by atoms with Crippen LogP contribution in [-0.4, -0.2) is 75.4 Å². The average Bonchev–Trinajstić information content (AvgIpc) is 3.09. The predicted octanol–water partition coefficient (Wildman–Crippen LogP) is 7.56. The Balaban J connectivity index is 1.24. The van der Waals surface area contributed by atoms with Crippen molar-refractivity contribution in [3.63, 3.8) is 0 Å². The first-order valence-corrected chi connectivity index (χ1v) is 17.4. The maximum atomic E-state index is 2.80. The maximum absolute atomic E-state index is 2.80. The van der Waals surface area contributed by atoms with Gasteiger partial charge in [0.25, 0.3) is 0 Å². The number of para-hydroxylation sites is 1. The van der Waals surface area contributed by atoms with E-state index >= 15 is 0 Å². The van der Waals surface area contributed by atoms with E-state index in [9.17, 15) is 0 Å². The minimum Gasteiger partial charge on any atom is -0.368 e. The highest BCUT2D eigenvalue weighted by Crippen LogP contribution is 2.36. The van der Waals surface area contributed by atoms with E-state index < -0.39 is 0 Å².